The molecule has 3 aromatic heterocycles. The predicted molar refractivity (Wildman–Crippen MR) is 245 cm³/mol. The second kappa shape index (κ2) is 19.8. The van der Waals surface area contributed by atoms with Crippen molar-refractivity contribution in [3.8, 4) is 22.5 Å². The summed E-state index contributed by atoms with van der Waals surface area (Å²) in [6.07, 6.45) is -1.09. The van der Waals surface area contributed by atoms with E-state index in [1.807, 2.05) is 19.9 Å². The van der Waals surface area contributed by atoms with Crippen LogP contribution < -0.4 is 10.7 Å². The SMILES string of the molecule is C=CC(=O)N1CC[C@H](C(=O)N(C)N(C(=O)N[C@H]2Cc3nc(cs3)-c3ccc4c(c3)c(c(-c3cccnc3[C@H](C)OC)n4CC(F)(F)F)CC(C)(C)COC(=O)[C@@H]3CCCN(N3)C2=O)C(C)C)C1. The van der Waals surface area contributed by atoms with E-state index in [0.717, 1.165) is 0 Å². The van der Waals surface area contributed by atoms with E-state index >= 15 is 0 Å². The molecule has 1 aromatic carbocycles. The molecule has 0 aliphatic carbocycles. The van der Waals surface area contributed by atoms with Crippen molar-refractivity contribution in [3.05, 3.63) is 70.8 Å². The van der Waals surface area contributed by atoms with Crippen LogP contribution in [0.1, 0.15) is 76.3 Å². The third-order valence-corrected chi connectivity index (χ3v) is 13.4. The lowest BCUT2D eigenvalue weighted by atomic mass is 9.84. The van der Waals surface area contributed by atoms with Gasteiger partial charge in [-0.25, -0.2) is 20.2 Å². The number of ether oxygens (including phenoxy) is 2. The number of likely N-dealkylation sites (tertiary alicyclic amines) is 1. The minimum Gasteiger partial charge on any atom is -0.464 e. The van der Waals surface area contributed by atoms with Crippen molar-refractivity contribution in [2.24, 2.45) is 11.3 Å². The number of nitrogens with one attached hydrogen (secondary N) is 2. The highest BCUT2D eigenvalue weighted by molar-refractivity contribution is 7.10. The Labute approximate surface area is 391 Å². The van der Waals surface area contributed by atoms with Gasteiger partial charge >= 0.3 is 18.2 Å². The van der Waals surface area contributed by atoms with Crippen LogP contribution in [0.15, 0.2) is 54.6 Å². The summed E-state index contributed by atoms with van der Waals surface area (Å²) >= 11 is 1.25. The van der Waals surface area contributed by atoms with E-state index in [0.29, 0.717) is 75.5 Å². The summed E-state index contributed by atoms with van der Waals surface area (Å²) in [5.41, 5.74) is 5.51. The summed E-state index contributed by atoms with van der Waals surface area (Å²) in [5.74, 6) is -2.39. The average Bonchev–Trinajstić information content (AvgIpc) is 4.05. The van der Waals surface area contributed by atoms with Gasteiger partial charge in [-0.2, -0.15) is 13.2 Å². The lowest BCUT2D eigenvalue weighted by Gasteiger charge is -2.38. The molecule has 4 aromatic rings. The first-order chi connectivity index (χ1) is 31.7. The molecule has 2 fully saturated rings. The van der Waals surface area contributed by atoms with Gasteiger partial charge in [-0.3, -0.25) is 34.2 Å². The van der Waals surface area contributed by atoms with E-state index < -0.39 is 66.2 Å². The molecule has 0 saturated carbocycles. The number of rotatable bonds is 8. The Morgan fingerprint density at radius 3 is 2.61 bits per heavy atom. The van der Waals surface area contributed by atoms with Gasteiger partial charge in [0.05, 0.1) is 40.7 Å². The van der Waals surface area contributed by atoms with Crippen LogP contribution in [0.25, 0.3) is 33.4 Å². The van der Waals surface area contributed by atoms with E-state index in [-0.39, 0.29) is 44.4 Å². The second-order valence-electron chi connectivity index (χ2n) is 18.4. The summed E-state index contributed by atoms with van der Waals surface area (Å²) < 4.78 is 56.8. The molecule has 2 saturated heterocycles. The number of alkyl halides is 3. The molecule has 5 amide bonds. The summed E-state index contributed by atoms with van der Waals surface area (Å²) in [6.45, 7) is 11.9. The fourth-order valence-corrected chi connectivity index (χ4v) is 10.0. The smallest absolute Gasteiger partial charge is 0.406 e. The predicted octanol–water partition coefficient (Wildman–Crippen LogP) is 6.46. The van der Waals surface area contributed by atoms with Crippen LogP contribution in [0.2, 0.25) is 0 Å². The molecule has 6 heterocycles. The number of aromatic nitrogens is 3. The molecular formula is C47H58F3N9O7S. The van der Waals surface area contributed by atoms with Crippen LogP contribution in [0.3, 0.4) is 0 Å². The first-order valence-corrected chi connectivity index (χ1v) is 23.3. The topological polar surface area (TPSA) is 172 Å². The number of thiazole rings is 1. The zero-order valence-corrected chi connectivity index (χ0v) is 39.6. The third-order valence-electron chi connectivity index (χ3n) is 12.5. The van der Waals surface area contributed by atoms with Gasteiger partial charge in [0.15, 0.2) is 0 Å². The van der Waals surface area contributed by atoms with E-state index in [1.165, 1.54) is 56.1 Å². The zero-order chi connectivity index (χ0) is 48.5. The van der Waals surface area contributed by atoms with Crippen molar-refractivity contribution in [1.29, 1.82) is 0 Å². The lowest BCUT2D eigenvalue weighted by molar-refractivity contribution is -0.155. The van der Waals surface area contributed by atoms with E-state index in [4.69, 9.17) is 14.5 Å². The molecule has 3 aliphatic rings. The summed E-state index contributed by atoms with van der Waals surface area (Å²) in [4.78, 5) is 79.8. The molecular weight excluding hydrogens is 892 g/mol. The number of cyclic esters (lactones) is 1. The maximum Gasteiger partial charge on any atom is 0.406 e. The van der Waals surface area contributed by atoms with Gasteiger partial charge in [-0.15, -0.1) is 11.3 Å². The number of nitrogens with zero attached hydrogens (tertiary/aromatic N) is 7. The molecule has 16 nitrogen and oxygen atoms in total. The summed E-state index contributed by atoms with van der Waals surface area (Å²) in [7, 11) is 2.98. The van der Waals surface area contributed by atoms with Crippen molar-refractivity contribution >= 4 is 52.0 Å². The number of halogens is 3. The minimum absolute atomic E-state index is 0.0807. The molecule has 360 valence electrons. The second-order valence-corrected chi connectivity index (χ2v) is 19.4. The Balaban J connectivity index is 1.30. The van der Waals surface area contributed by atoms with Crippen molar-refractivity contribution < 1.29 is 46.6 Å². The zero-order valence-electron chi connectivity index (χ0n) is 38.8. The Hall–Kier alpha value is -5.86. The summed E-state index contributed by atoms with van der Waals surface area (Å²) in [5, 5.41) is 9.42. The fourth-order valence-electron chi connectivity index (χ4n) is 9.17. The van der Waals surface area contributed by atoms with E-state index in [1.54, 1.807) is 56.6 Å². The van der Waals surface area contributed by atoms with Crippen LogP contribution in [0, 0.1) is 11.3 Å². The number of carbonyl (C=O) groups excluding carboxylic acids is 5. The van der Waals surface area contributed by atoms with Crippen LogP contribution in [0.5, 0.6) is 0 Å². The number of benzene rings is 1. The standard InChI is InChI=1S/C47H58F3N9O7S/c1-9-39(60)56-19-16-30(23-56)42(61)55(7)59(27(2)3)45(64)53-35-21-38-52-36(24-67-38)29-14-15-37-32(20-29)33(22-46(5,6)26-66-44(63)34-13-11-18-58(54-34)43(35)62)41(57(37)25-47(48,49)50)31-12-10-17-51-40(31)28(4)65-8/h9-10,12,14-15,17,20,24,27-28,30,34-35,54H,1,11,13,16,18-19,21-23,25-26H2,2-8H3,(H,53,64)/t28-,30-,34-,35-/m0/s1. The van der Waals surface area contributed by atoms with Crippen LogP contribution in [-0.2, 0) is 48.0 Å². The Bertz CT molecular complexity index is 2540. The number of pyridine rings is 1. The molecule has 6 bridgehead atoms. The number of urea groups is 1. The van der Waals surface area contributed by atoms with Gasteiger partial charge < -0.3 is 24.3 Å². The third kappa shape index (κ3) is 10.7. The van der Waals surface area contributed by atoms with E-state index in [2.05, 4.69) is 22.3 Å². The normalized spacial score (nSPS) is 20.6. The van der Waals surface area contributed by atoms with Crippen molar-refractivity contribution in [2.75, 3.05) is 40.4 Å². The first-order valence-electron chi connectivity index (χ1n) is 22.4. The van der Waals surface area contributed by atoms with E-state index in [9.17, 15) is 37.1 Å². The molecule has 7 rings (SSSR count). The molecule has 0 radical (unpaired) electrons. The molecule has 20 heteroatoms. The maximum atomic E-state index is 14.6. The highest BCUT2D eigenvalue weighted by Crippen LogP contribution is 2.43. The molecule has 67 heavy (non-hydrogen) atoms. The fraction of sp³-hybridized carbons (Fsp3) is 0.511. The number of fused-ring (bicyclic) bond motifs is 6. The minimum atomic E-state index is -4.60. The highest BCUT2D eigenvalue weighted by atomic mass is 32.1. The molecule has 2 N–H and O–H groups in total. The number of amides is 5. The number of hydrazine groups is 2. The van der Waals surface area contributed by atoms with Gasteiger partial charge in [0.25, 0.3) is 5.91 Å². The average molecular weight is 950 g/mol. The van der Waals surface area contributed by atoms with Crippen LogP contribution >= 0.6 is 11.3 Å². The quantitative estimate of drug-likeness (QED) is 0.114. The van der Waals surface area contributed by atoms with Crippen molar-refractivity contribution in [2.45, 2.75) is 104 Å². The Kier molecular flexibility index (Phi) is 14.5. The highest BCUT2D eigenvalue weighted by Gasteiger charge is 2.40. The number of hydrogen-bond acceptors (Lipinski definition) is 11. The van der Waals surface area contributed by atoms with Gasteiger partial charge in [-0.05, 0) is 82.4 Å². The number of methoxy groups -OCH3 is 1. The van der Waals surface area contributed by atoms with Gasteiger partial charge in [0.1, 0.15) is 18.6 Å². The Morgan fingerprint density at radius 2 is 1.91 bits per heavy atom. The largest absolute Gasteiger partial charge is 0.464 e. The molecule has 4 atom stereocenters. The van der Waals surface area contributed by atoms with Crippen LogP contribution in [0.4, 0.5) is 18.0 Å². The van der Waals surface area contributed by atoms with Gasteiger partial charge in [-0.1, -0.05) is 26.5 Å². The first kappa shape index (κ1) is 49.1. The maximum absolute atomic E-state index is 14.6. The number of hydrogen-bond donors (Lipinski definition) is 2. The molecule has 3 aliphatic heterocycles. The summed E-state index contributed by atoms with van der Waals surface area (Å²) in [6, 6.07) is 5.15. The molecule has 0 unspecified atom stereocenters. The number of esters is 1. The van der Waals surface area contributed by atoms with Crippen LogP contribution in [-0.4, -0.2) is 129 Å². The van der Waals surface area contributed by atoms with Gasteiger partial charge in [0, 0.05) is 85.3 Å². The van der Waals surface area contributed by atoms with Gasteiger partial charge in [0.2, 0.25) is 11.8 Å². The van der Waals surface area contributed by atoms with Crippen molar-refractivity contribution in [1.82, 2.24) is 45.2 Å². The van der Waals surface area contributed by atoms with Crippen molar-refractivity contribution in [3.63, 3.8) is 0 Å². The number of carbonyl (C=O) groups is 5. The Morgan fingerprint density at radius 1 is 1.15 bits per heavy atom. The molecule has 0 spiro atoms. The lowest BCUT2D eigenvalue weighted by Crippen LogP contribution is -2.63. The monoisotopic (exact) mass is 949 g/mol.